The summed E-state index contributed by atoms with van der Waals surface area (Å²) < 4.78 is 5.68. The van der Waals surface area contributed by atoms with Crippen LogP contribution in [0, 0.1) is 6.92 Å². The molecule has 0 aliphatic heterocycles. The van der Waals surface area contributed by atoms with Crippen molar-refractivity contribution in [2.45, 2.75) is 26.4 Å². The van der Waals surface area contributed by atoms with Crippen molar-refractivity contribution >= 4 is 0 Å². The number of ether oxygens (including phenoxy) is 1. The predicted octanol–water partition coefficient (Wildman–Crippen LogP) is 2.46. The van der Waals surface area contributed by atoms with Crippen molar-refractivity contribution in [3.63, 3.8) is 0 Å². The molecule has 0 radical (unpaired) electrons. The van der Waals surface area contributed by atoms with Gasteiger partial charge in [-0.1, -0.05) is 37.3 Å². The summed E-state index contributed by atoms with van der Waals surface area (Å²) in [6, 6.07) is 11.7. The summed E-state index contributed by atoms with van der Waals surface area (Å²) in [7, 11) is 0. The van der Waals surface area contributed by atoms with E-state index in [9.17, 15) is 0 Å². The van der Waals surface area contributed by atoms with Crippen molar-refractivity contribution in [3.8, 4) is 5.88 Å². The van der Waals surface area contributed by atoms with E-state index in [1.54, 1.807) is 6.07 Å². The monoisotopic (exact) mass is 258 g/mol. The van der Waals surface area contributed by atoms with E-state index in [4.69, 9.17) is 9.84 Å². The third kappa shape index (κ3) is 3.76. The first-order chi connectivity index (χ1) is 9.19. The normalized spacial score (nSPS) is 12.2. The molecule has 1 aromatic heterocycles. The first-order valence-electron chi connectivity index (χ1n) is 6.32. The lowest BCUT2D eigenvalue weighted by molar-refractivity contribution is 0.263. The van der Waals surface area contributed by atoms with Gasteiger partial charge in [0.05, 0.1) is 6.61 Å². The molecule has 1 aromatic carbocycles. The maximum Gasteiger partial charge on any atom is 0.217 e. The minimum absolute atomic E-state index is 0.0293. The lowest BCUT2D eigenvalue weighted by atomic mass is 10.2. The van der Waals surface area contributed by atoms with Gasteiger partial charge in [0.2, 0.25) is 5.88 Å². The van der Waals surface area contributed by atoms with Gasteiger partial charge in [-0.15, -0.1) is 0 Å². The Morgan fingerprint density at radius 3 is 2.63 bits per heavy atom. The molecule has 0 bridgehead atoms. The number of aromatic nitrogens is 2. The van der Waals surface area contributed by atoms with Gasteiger partial charge in [0.25, 0.3) is 0 Å². The van der Waals surface area contributed by atoms with Gasteiger partial charge in [0, 0.05) is 17.7 Å². The molecule has 4 nitrogen and oxygen atoms in total. The van der Waals surface area contributed by atoms with Crippen molar-refractivity contribution in [1.29, 1.82) is 0 Å². The van der Waals surface area contributed by atoms with Crippen LogP contribution in [0.15, 0.2) is 36.4 Å². The fourth-order valence-corrected chi connectivity index (χ4v) is 1.67. The second-order valence-electron chi connectivity index (χ2n) is 4.56. The number of aliphatic hydroxyl groups excluding tert-OH is 1. The Kier molecular flexibility index (Phi) is 4.47. The minimum Gasteiger partial charge on any atom is -0.473 e. The molecule has 4 heteroatoms. The van der Waals surface area contributed by atoms with Crippen LogP contribution >= 0.6 is 0 Å². The van der Waals surface area contributed by atoms with E-state index < -0.39 is 0 Å². The smallest absolute Gasteiger partial charge is 0.217 e. The number of benzene rings is 1. The molecule has 2 aromatic rings. The Hall–Kier alpha value is -1.94. The zero-order valence-corrected chi connectivity index (χ0v) is 11.2. The standard InChI is InChI=1S/C15H18N2O2/c1-11(9-18)15-16-12(2)8-14(17-15)19-10-13-6-4-3-5-7-13/h3-8,11,18H,9-10H2,1-2H3. The first-order valence-corrected chi connectivity index (χ1v) is 6.32. The van der Waals surface area contributed by atoms with Gasteiger partial charge in [0.1, 0.15) is 12.4 Å². The van der Waals surface area contributed by atoms with Crippen molar-refractivity contribution in [3.05, 3.63) is 53.5 Å². The molecule has 100 valence electrons. The summed E-state index contributed by atoms with van der Waals surface area (Å²) in [5.41, 5.74) is 1.93. The fourth-order valence-electron chi connectivity index (χ4n) is 1.67. The topological polar surface area (TPSA) is 55.2 Å². The lowest BCUT2D eigenvalue weighted by Gasteiger charge is -2.11. The maximum absolute atomic E-state index is 9.16. The molecule has 0 fully saturated rings. The summed E-state index contributed by atoms with van der Waals surface area (Å²) in [6.45, 7) is 4.28. The molecule has 0 aliphatic rings. The highest BCUT2D eigenvalue weighted by molar-refractivity contribution is 5.19. The molecule has 0 saturated heterocycles. The molecule has 0 amide bonds. The van der Waals surface area contributed by atoms with Crippen LogP contribution in [0.2, 0.25) is 0 Å². The van der Waals surface area contributed by atoms with Crippen LogP contribution in [-0.2, 0) is 6.61 Å². The van der Waals surface area contributed by atoms with E-state index in [1.165, 1.54) is 0 Å². The summed E-state index contributed by atoms with van der Waals surface area (Å²) in [5, 5.41) is 9.16. The predicted molar refractivity (Wildman–Crippen MR) is 73.0 cm³/mol. The molecule has 0 saturated carbocycles. The highest BCUT2D eigenvalue weighted by atomic mass is 16.5. The zero-order chi connectivity index (χ0) is 13.7. The highest BCUT2D eigenvalue weighted by Crippen LogP contribution is 2.16. The van der Waals surface area contributed by atoms with Gasteiger partial charge in [-0.2, -0.15) is 4.98 Å². The van der Waals surface area contributed by atoms with E-state index in [0.29, 0.717) is 18.3 Å². The second-order valence-corrected chi connectivity index (χ2v) is 4.56. The summed E-state index contributed by atoms with van der Waals surface area (Å²) in [5.74, 6) is 1.08. The molecule has 0 spiro atoms. The molecular formula is C15H18N2O2. The van der Waals surface area contributed by atoms with Crippen LogP contribution in [0.25, 0.3) is 0 Å². The van der Waals surface area contributed by atoms with E-state index in [1.807, 2.05) is 44.2 Å². The molecule has 1 heterocycles. The lowest BCUT2D eigenvalue weighted by Crippen LogP contribution is -2.08. The Bertz CT molecular complexity index is 529. The Morgan fingerprint density at radius 1 is 1.21 bits per heavy atom. The van der Waals surface area contributed by atoms with Crippen molar-refractivity contribution < 1.29 is 9.84 Å². The minimum atomic E-state index is -0.0843. The average molecular weight is 258 g/mol. The molecule has 1 N–H and O–H groups in total. The number of hydrogen-bond acceptors (Lipinski definition) is 4. The van der Waals surface area contributed by atoms with E-state index in [2.05, 4.69) is 9.97 Å². The van der Waals surface area contributed by atoms with Gasteiger partial charge in [-0.05, 0) is 12.5 Å². The highest BCUT2D eigenvalue weighted by Gasteiger charge is 2.10. The second kappa shape index (κ2) is 6.29. The van der Waals surface area contributed by atoms with Gasteiger partial charge in [-0.3, -0.25) is 0 Å². The van der Waals surface area contributed by atoms with Crippen molar-refractivity contribution in [2.75, 3.05) is 6.61 Å². The van der Waals surface area contributed by atoms with Gasteiger partial charge in [-0.25, -0.2) is 4.98 Å². The number of aliphatic hydroxyl groups is 1. The number of rotatable bonds is 5. The fraction of sp³-hybridized carbons (Fsp3) is 0.333. The molecule has 0 aliphatic carbocycles. The van der Waals surface area contributed by atoms with Crippen LogP contribution in [0.5, 0.6) is 5.88 Å². The van der Waals surface area contributed by atoms with Crippen LogP contribution in [0.1, 0.15) is 29.9 Å². The molecule has 19 heavy (non-hydrogen) atoms. The van der Waals surface area contributed by atoms with E-state index in [0.717, 1.165) is 11.3 Å². The first kappa shape index (κ1) is 13.5. The summed E-state index contributed by atoms with van der Waals surface area (Å²) in [6.07, 6.45) is 0. The van der Waals surface area contributed by atoms with Gasteiger partial charge < -0.3 is 9.84 Å². The number of nitrogens with zero attached hydrogens (tertiary/aromatic N) is 2. The summed E-state index contributed by atoms with van der Waals surface area (Å²) in [4.78, 5) is 8.63. The Labute approximate surface area is 113 Å². The van der Waals surface area contributed by atoms with Crippen LogP contribution in [0.3, 0.4) is 0 Å². The Balaban J connectivity index is 2.10. The van der Waals surface area contributed by atoms with Crippen molar-refractivity contribution in [2.24, 2.45) is 0 Å². The Morgan fingerprint density at radius 2 is 1.95 bits per heavy atom. The average Bonchev–Trinajstić information content (AvgIpc) is 2.45. The SMILES string of the molecule is Cc1cc(OCc2ccccc2)nc(C(C)CO)n1. The number of aryl methyl sites for hydroxylation is 1. The van der Waals surface area contributed by atoms with Gasteiger partial charge >= 0.3 is 0 Å². The van der Waals surface area contributed by atoms with Crippen LogP contribution in [-0.4, -0.2) is 21.7 Å². The molecule has 1 unspecified atom stereocenters. The van der Waals surface area contributed by atoms with Crippen LogP contribution in [0.4, 0.5) is 0 Å². The van der Waals surface area contributed by atoms with E-state index >= 15 is 0 Å². The zero-order valence-electron chi connectivity index (χ0n) is 11.2. The largest absolute Gasteiger partial charge is 0.473 e. The van der Waals surface area contributed by atoms with Crippen molar-refractivity contribution in [1.82, 2.24) is 9.97 Å². The molecule has 2 rings (SSSR count). The van der Waals surface area contributed by atoms with Gasteiger partial charge in [0.15, 0.2) is 0 Å². The molecule has 1 atom stereocenters. The maximum atomic E-state index is 9.16. The third-order valence-electron chi connectivity index (χ3n) is 2.79. The number of hydrogen-bond donors (Lipinski definition) is 1. The van der Waals surface area contributed by atoms with E-state index in [-0.39, 0.29) is 12.5 Å². The third-order valence-corrected chi connectivity index (χ3v) is 2.79. The molecular weight excluding hydrogens is 240 g/mol. The van der Waals surface area contributed by atoms with Crippen LogP contribution < -0.4 is 4.74 Å². The summed E-state index contributed by atoms with van der Waals surface area (Å²) >= 11 is 0. The quantitative estimate of drug-likeness (QED) is 0.895.